The zero-order valence-corrected chi connectivity index (χ0v) is 10.3. The van der Waals surface area contributed by atoms with Gasteiger partial charge in [-0.1, -0.05) is 39.2 Å². The highest BCUT2D eigenvalue weighted by molar-refractivity contribution is 5.82. The van der Waals surface area contributed by atoms with Crippen molar-refractivity contribution in [3.63, 3.8) is 0 Å². The highest BCUT2D eigenvalue weighted by Crippen LogP contribution is 2.13. The molecule has 0 atom stereocenters. The lowest BCUT2D eigenvalue weighted by atomic mass is 10.1. The molecular formula is C13H25N. The van der Waals surface area contributed by atoms with E-state index in [1.165, 1.54) is 43.4 Å². The third kappa shape index (κ3) is 6.88. The van der Waals surface area contributed by atoms with Crippen LogP contribution in [0.15, 0.2) is 16.8 Å². The first-order valence-corrected chi connectivity index (χ1v) is 5.95. The third-order valence-corrected chi connectivity index (χ3v) is 2.40. The van der Waals surface area contributed by atoms with Gasteiger partial charge in [0.25, 0.3) is 0 Å². The van der Waals surface area contributed by atoms with Crippen molar-refractivity contribution in [2.24, 2.45) is 4.99 Å². The molecule has 1 heteroatoms. The van der Waals surface area contributed by atoms with Crippen molar-refractivity contribution in [3.05, 3.63) is 11.8 Å². The van der Waals surface area contributed by atoms with Crippen molar-refractivity contribution < 1.29 is 0 Å². The van der Waals surface area contributed by atoms with Gasteiger partial charge in [-0.15, -0.1) is 0 Å². The summed E-state index contributed by atoms with van der Waals surface area (Å²) in [5, 5.41) is 0. The molecule has 14 heavy (non-hydrogen) atoms. The average molecular weight is 195 g/mol. The third-order valence-electron chi connectivity index (χ3n) is 2.40. The van der Waals surface area contributed by atoms with Gasteiger partial charge in [0.2, 0.25) is 0 Å². The lowest BCUT2D eigenvalue weighted by molar-refractivity contribution is 0.740. The van der Waals surface area contributed by atoms with Crippen molar-refractivity contribution in [1.29, 1.82) is 0 Å². The monoisotopic (exact) mass is 195 g/mol. The number of rotatable bonds is 7. The van der Waals surface area contributed by atoms with Crippen LogP contribution in [0.5, 0.6) is 0 Å². The van der Waals surface area contributed by atoms with E-state index < -0.39 is 0 Å². The standard InChI is InChI=1S/C13H25N/c1-5-8-10-13(9-6-2)11-14-12(4)7-3/h11H,5-10H2,1-4H3/b13-11+,14-12?. The van der Waals surface area contributed by atoms with E-state index in [0.717, 1.165) is 6.42 Å². The zero-order chi connectivity index (χ0) is 10.8. The van der Waals surface area contributed by atoms with Gasteiger partial charge in [0.1, 0.15) is 0 Å². The summed E-state index contributed by atoms with van der Waals surface area (Å²) in [4.78, 5) is 4.47. The average Bonchev–Trinajstić information content (AvgIpc) is 2.21. The summed E-state index contributed by atoms with van der Waals surface area (Å²) >= 11 is 0. The van der Waals surface area contributed by atoms with E-state index in [9.17, 15) is 0 Å². The normalized spacial score (nSPS) is 13.4. The maximum Gasteiger partial charge on any atom is 0.0259 e. The second-order valence-electron chi connectivity index (χ2n) is 3.86. The summed E-state index contributed by atoms with van der Waals surface area (Å²) in [7, 11) is 0. The molecule has 0 aromatic carbocycles. The molecule has 0 spiro atoms. The van der Waals surface area contributed by atoms with Crippen molar-refractivity contribution in [2.45, 2.75) is 66.2 Å². The first-order valence-electron chi connectivity index (χ1n) is 5.95. The Morgan fingerprint density at radius 2 is 1.79 bits per heavy atom. The van der Waals surface area contributed by atoms with Gasteiger partial charge < -0.3 is 0 Å². The number of allylic oxidation sites excluding steroid dienone is 1. The Hall–Kier alpha value is -0.590. The van der Waals surface area contributed by atoms with Crippen LogP contribution < -0.4 is 0 Å². The van der Waals surface area contributed by atoms with Crippen LogP contribution in [0.1, 0.15) is 66.2 Å². The molecule has 0 unspecified atom stereocenters. The Kier molecular flexibility index (Phi) is 8.61. The molecule has 0 radical (unpaired) electrons. The van der Waals surface area contributed by atoms with Crippen LogP contribution in [0.2, 0.25) is 0 Å². The van der Waals surface area contributed by atoms with E-state index in [4.69, 9.17) is 0 Å². The van der Waals surface area contributed by atoms with E-state index in [2.05, 4.69) is 38.9 Å². The number of hydrogen-bond donors (Lipinski definition) is 0. The molecule has 0 aliphatic rings. The van der Waals surface area contributed by atoms with E-state index in [0.29, 0.717) is 0 Å². The van der Waals surface area contributed by atoms with Crippen molar-refractivity contribution in [1.82, 2.24) is 0 Å². The summed E-state index contributed by atoms with van der Waals surface area (Å²) in [6, 6.07) is 0. The van der Waals surface area contributed by atoms with Crippen LogP contribution in [-0.4, -0.2) is 5.71 Å². The Bertz CT molecular complexity index is 189. The fourth-order valence-corrected chi connectivity index (χ4v) is 1.27. The van der Waals surface area contributed by atoms with Crippen LogP contribution in [-0.2, 0) is 0 Å². The summed E-state index contributed by atoms with van der Waals surface area (Å²) in [6.45, 7) is 8.72. The molecule has 82 valence electrons. The smallest absolute Gasteiger partial charge is 0.0259 e. The lowest BCUT2D eigenvalue weighted by Gasteiger charge is -2.03. The first-order chi connectivity index (χ1) is 6.74. The highest BCUT2D eigenvalue weighted by Gasteiger charge is 1.95. The van der Waals surface area contributed by atoms with Gasteiger partial charge in [0.05, 0.1) is 0 Å². The first kappa shape index (κ1) is 13.4. The quantitative estimate of drug-likeness (QED) is 0.521. The van der Waals surface area contributed by atoms with E-state index in [1.807, 2.05) is 0 Å². The zero-order valence-electron chi connectivity index (χ0n) is 10.3. The van der Waals surface area contributed by atoms with Gasteiger partial charge in [0.15, 0.2) is 0 Å². The van der Waals surface area contributed by atoms with E-state index in [1.54, 1.807) is 0 Å². The molecule has 0 bridgehead atoms. The van der Waals surface area contributed by atoms with Gasteiger partial charge in [-0.3, -0.25) is 4.99 Å². The molecule has 0 aromatic heterocycles. The SMILES string of the molecule is CCCC/C(=C/N=C(C)CC)CCC. The minimum absolute atomic E-state index is 1.06. The van der Waals surface area contributed by atoms with E-state index in [-0.39, 0.29) is 0 Å². The van der Waals surface area contributed by atoms with Crippen molar-refractivity contribution in [2.75, 3.05) is 0 Å². The number of aliphatic imine (C=N–C) groups is 1. The van der Waals surface area contributed by atoms with Crippen LogP contribution in [0.25, 0.3) is 0 Å². The maximum absolute atomic E-state index is 4.47. The Balaban J connectivity index is 4.16. The van der Waals surface area contributed by atoms with Crippen LogP contribution >= 0.6 is 0 Å². The van der Waals surface area contributed by atoms with Crippen molar-refractivity contribution >= 4 is 5.71 Å². The van der Waals surface area contributed by atoms with Gasteiger partial charge in [-0.2, -0.15) is 0 Å². The second-order valence-corrected chi connectivity index (χ2v) is 3.86. The molecule has 0 saturated heterocycles. The molecule has 1 nitrogen and oxygen atoms in total. The Morgan fingerprint density at radius 1 is 1.07 bits per heavy atom. The molecular weight excluding hydrogens is 170 g/mol. The molecule has 0 rings (SSSR count). The Labute approximate surface area is 89.3 Å². The second kappa shape index (κ2) is 8.98. The van der Waals surface area contributed by atoms with Gasteiger partial charge in [0, 0.05) is 11.9 Å². The summed E-state index contributed by atoms with van der Waals surface area (Å²) in [5.74, 6) is 0. The fourth-order valence-electron chi connectivity index (χ4n) is 1.27. The Morgan fingerprint density at radius 3 is 2.29 bits per heavy atom. The van der Waals surface area contributed by atoms with Crippen LogP contribution in [0, 0.1) is 0 Å². The van der Waals surface area contributed by atoms with Gasteiger partial charge in [-0.25, -0.2) is 0 Å². The molecule has 0 heterocycles. The number of hydrogen-bond acceptors (Lipinski definition) is 1. The largest absolute Gasteiger partial charge is 0.266 e. The van der Waals surface area contributed by atoms with Gasteiger partial charge >= 0.3 is 0 Å². The van der Waals surface area contributed by atoms with Crippen LogP contribution in [0.4, 0.5) is 0 Å². The molecule has 0 fully saturated rings. The van der Waals surface area contributed by atoms with E-state index >= 15 is 0 Å². The molecule has 0 aliphatic carbocycles. The summed E-state index contributed by atoms with van der Waals surface area (Å²) in [5.41, 5.74) is 2.75. The highest BCUT2D eigenvalue weighted by atomic mass is 14.7. The number of unbranched alkanes of at least 4 members (excludes halogenated alkanes) is 1. The maximum atomic E-state index is 4.47. The van der Waals surface area contributed by atoms with Crippen molar-refractivity contribution in [3.8, 4) is 0 Å². The van der Waals surface area contributed by atoms with Crippen LogP contribution in [0.3, 0.4) is 0 Å². The minimum Gasteiger partial charge on any atom is -0.266 e. The summed E-state index contributed by atoms with van der Waals surface area (Å²) < 4.78 is 0. The lowest BCUT2D eigenvalue weighted by Crippen LogP contribution is -1.87. The molecule has 0 amide bonds. The predicted molar refractivity (Wildman–Crippen MR) is 65.9 cm³/mol. The molecule has 0 saturated carbocycles. The predicted octanol–water partition coefficient (Wildman–Crippen LogP) is 4.73. The molecule has 0 N–H and O–H groups in total. The summed E-state index contributed by atoms with van der Waals surface area (Å²) in [6.07, 6.45) is 9.40. The number of nitrogens with zero attached hydrogens (tertiary/aromatic N) is 1. The topological polar surface area (TPSA) is 12.4 Å². The minimum atomic E-state index is 1.06. The van der Waals surface area contributed by atoms with Gasteiger partial charge in [-0.05, 0) is 32.6 Å². The molecule has 0 aromatic rings. The fraction of sp³-hybridized carbons (Fsp3) is 0.769. The molecule has 0 aliphatic heterocycles.